The number of hydrogen-bond acceptors (Lipinski definition) is 3. The van der Waals surface area contributed by atoms with Crippen molar-refractivity contribution in [2.45, 2.75) is 26.4 Å². The predicted octanol–water partition coefficient (Wildman–Crippen LogP) is 1.22. The van der Waals surface area contributed by atoms with Crippen LogP contribution in [0.2, 0.25) is 0 Å². The third-order valence-electron chi connectivity index (χ3n) is 2.14. The molecule has 13 heavy (non-hydrogen) atoms. The number of rotatable bonds is 3. The van der Waals surface area contributed by atoms with Gasteiger partial charge in [-0.1, -0.05) is 13.8 Å². The molecule has 3 nitrogen and oxygen atoms in total. The van der Waals surface area contributed by atoms with Gasteiger partial charge in [0.2, 0.25) is 0 Å². The largest absolute Gasteiger partial charge is 0.398 e. The lowest BCUT2D eigenvalue weighted by Gasteiger charge is -2.14. The van der Waals surface area contributed by atoms with Crippen molar-refractivity contribution in [3.8, 4) is 0 Å². The highest BCUT2D eigenvalue weighted by Crippen LogP contribution is 2.14. The van der Waals surface area contributed by atoms with Gasteiger partial charge in [-0.25, -0.2) is 0 Å². The minimum atomic E-state index is -0.341. The third-order valence-corrected chi connectivity index (χ3v) is 2.14. The number of pyridine rings is 1. The molecule has 0 aliphatic rings. The molecule has 0 saturated carbocycles. The lowest BCUT2D eigenvalue weighted by atomic mass is 10.00. The van der Waals surface area contributed by atoms with Crippen molar-refractivity contribution in [2.75, 3.05) is 5.73 Å². The minimum absolute atomic E-state index is 0.250. The summed E-state index contributed by atoms with van der Waals surface area (Å²) >= 11 is 0. The van der Waals surface area contributed by atoms with Crippen LogP contribution in [0.5, 0.6) is 0 Å². The van der Waals surface area contributed by atoms with Crippen LogP contribution in [0.25, 0.3) is 0 Å². The van der Waals surface area contributed by atoms with E-state index in [-0.39, 0.29) is 12.0 Å². The van der Waals surface area contributed by atoms with Crippen LogP contribution in [-0.4, -0.2) is 16.2 Å². The zero-order valence-electron chi connectivity index (χ0n) is 8.07. The van der Waals surface area contributed by atoms with E-state index in [4.69, 9.17) is 5.73 Å². The zero-order valence-corrected chi connectivity index (χ0v) is 8.07. The Hall–Kier alpha value is -1.09. The first-order chi connectivity index (χ1) is 6.11. The van der Waals surface area contributed by atoms with Crippen LogP contribution in [0.1, 0.15) is 19.4 Å². The van der Waals surface area contributed by atoms with E-state index in [1.807, 2.05) is 13.8 Å². The van der Waals surface area contributed by atoms with Gasteiger partial charge >= 0.3 is 0 Å². The smallest absolute Gasteiger partial charge is 0.0604 e. The van der Waals surface area contributed by atoms with Gasteiger partial charge in [0.05, 0.1) is 6.10 Å². The highest BCUT2D eigenvalue weighted by Gasteiger charge is 2.11. The number of nitrogens with zero attached hydrogens (tertiary/aromatic N) is 1. The highest BCUT2D eigenvalue weighted by molar-refractivity contribution is 5.44. The average molecular weight is 180 g/mol. The summed E-state index contributed by atoms with van der Waals surface area (Å²) in [4.78, 5) is 3.97. The number of hydrogen-bond donors (Lipinski definition) is 2. The first-order valence-electron chi connectivity index (χ1n) is 4.47. The molecule has 1 atom stereocenters. The first kappa shape index (κ1) is 9.99. The van der Waals surface area contributed by atoms with Gasteiger partial charge < -0.3 is 10.8 Å². The van der Waals surface area contributed by atoms with Crippen molar-refractivity contribution in [1.29, 1.82) is 0 Å². The fraction of sp³-hybridized carbons (Fsp3) is 0.500. The molecule has 0 radical (unpaired) electrons. The number of nitrogens with two attached hydrogens (primary N) is 1. The van der Waals surface area contributed by atoms with Gasteiger partial charge in [-0.3, -0.25) is 4.98 Å². The summed E-state index contributed by atoms with van der Waals surface area (Å²) in [5.41, 5.74) is 7.34. The van der Waals surface area contributed by atoms with E-state index in [0.29, 0.717) is 12.1 Å². The van der Waals surface area contributed by atoms with Gasteiger partial charge in [-0.15, -0.1) is 0 Å². The Morgan fingerprint density at radius 1 is 1.54 bits per heavy atom. The van der Waals surface area contributed by atoms with Crippen LogP contribution in [0.4, 0.5) is 5.69 Å². The lowest BCUT2D eigenvalue weighted by molar-refractivity contribution is 0.126. The molecule has 0 aromatic carbocycles. The van der Waals surface area contributed by atoms with Gasteiger partial charge in [0.25, 0.3) is 0 Å². The topological polar surface area (TPSA) is 59.1 Å². The van der Waals surface area contributed by atoms with Crippen molar-refractivity contribution in [2.24, 2.45) is 5.92 Å². The molecule has 0 saturated heterocycles. The molecule has 0 aliphatic heterocycles. The van der Waals surface area contributed by atoms with E-state index in [9.17, 15) is 5.11 Å². The Labute approximate surface area is 78.6 Å². The monoisotopic (exact) mass is 180 g/mol. The summed E-state index contributed by atoms with van der Waals surface area (Å²) in [7, 11) is 0. The van der Waals surface area contributed by atoms with Crippen LogP contribution in [-0.2, 0) is 6.42 Å². The highest BCUT2D eigenvalue weighted by atomic mass is 16.3. The second-order valence-electron chi connectivity index (χ2n) is 3.59. The molecule has 1 aromatic heterocycles. The van der Waals surface area contributed by atoms with Crippen LogP contribution < -0.4 is 5.73 Å². The number of anilines is 1. The van der Waals surface area contributed by atoms with Crippen LogP contribution >= 0.6 is 0 Å². The van der Waals surface area contributed by atoms with Crippen LogP contribution in [0.15, 0.2) is 18.5 Å². The van der Waals surface area contributed by atoms with Crippen molar-refractivity contribution in [3.63, 3.8) is 0 Å². The number of aliphatic hydroxyl groups is 1. The van der Waals surface area contributed by atoms with Crippen molar-refractivity contribution in [3.05, 3.63) is 24.0 Å². The lowest BCUT2D eigenvalue weighted by Crippen LogP contribution is -2.18. The summed E-state index contributed by atoms with van der Waals surface area (Å²) in [5.74, 6) is 0.250. The second-order valence-corrected chi connectivity index (χ2v) is 3.59. The quantitative estimate of drug-likeness (QED) is 0.735. The van der Waals surface area contributed by atoms with Crippen molar-refractivity contribution in [1.82, 2.24) is 4.98 Å². The van der Waals surface area contributed by atoms with Crippen molar-refractivity contribution >= 4 is 5.69 Å². The maximum Gasteiger partial charge on any atom is 0.0604 e. The molecule has 1 unspecified atom stereocenters. The van der Waals surface area contributed by atoms with Gasteiger partial charge in [0.1, 0.15) is 0 Å². The fourth-order valence-corrected chi connectivity index (χ4v) is 1.07. The second kappa shape index (κ2) is 4.23. The van der Waals surface area contributed by atoms with E-state index in [0.717, 1.165) is 5.56 Å². The summed E-state index contributed by atoms with van der Waals surface area (Å²) in [6.07, 6.45) is 3.60. The van der Waals surface area contributed by atoms with Gasteiger partial charge in [0.15, 0.2) is 0 Å². The van der Waals surface area contributed by atoms with E-state index >= 15 is 0 Å². The maximum absolute atomic E-state index is 9.62. The Kier molecular flexibility index (Phi) is 3.25. The van der Waals surface area contributed by atoms with Crippen LogP contribution in [0.3, 0.4) is 0 Å². The molecule has 0 aliphatic carbocycles. The van der Waals surface area contributed by atoms with E-state index in [1.165, 1.54) is 0 Å². The van der Waals surface area contributed by atoms with Gasteiger partial charge in [-0.2, -0.15) is 0 Å². The summed E-state index contributed by atoms with van der Waals surface area (Å²) in [5, 5.41) is 9.62. The third kappa shape index (κ3) is 2.70. The molecule has 3 heteroatoms. The van der Waals surface area contributed by atoms with E-state index < -0.39 is 0 Å². The maximum atomic E-state index is 9.62. The Balaban J connectivity index is 2.69. The fourth-order valence-electron chi connectivity index (χ4n) is 1.07. The summed E-state index contributed by atoms with van der Waals surface area (Å²) in [6.45, 7) is 3.97. The standard InChI is InChI=1S/C10H16N2O/c1-7(2)10(13)5-8-6-12-4-3-9(8)11/h3-4,6-7,10,13H,5H2,1-2H3,(H2,11,12). The molecule has 72 valence electrons. The average Bonchev–Trinajstić information content (AvgIpc) is 2.08. The molecular weight excluding hydrogens is 164 g/mol. The number of nitrogen functional groups attached to an aromatic ring is 1. The number of aromatic nitrogens is 1. The normalized spacial score (nSPS) is 13.2. The first-order valence-corrected chi connectivity index (χ1v) is 4.47. The van der Waals surface area contributed by atoms with Gasteiger partial charge in [0, 0.05) is 24.5 Å². The number of aliphatic hydroxyl groups excluding tert-OH is 1. The molecule has 1 rings (SSSR count). The van der Waals surface area contributed by atoms with Crippen molar-refractivity contribution < 1.29 is 5.11 Å². The molecular formula is C10H16N2O. The SMILES string of the molecule is CC(C)C(O)Cc1cnccc1N. The molecule has 1 aromatic rings. The molecule has 3 N–H and O–H groups in total. The van der Waals surface area contributed by atoms with E-state index in [2.05, 4.69) is 4.98 Å². The Morgan fingerprint density at radius 3 is 2.77 bits per heavy atom. The molecule has 0 spiro atoms. The molecule has 0 fully saturated rings. The van der Waals surface area contributed by atoms with E-state index in [1.54, 1.807) is 18.5 Å². The van der Waals surface area contributed by atoms with Gasteiger partial charge in [-0.05, 0) is 17.5 Å². The van der Waals surface area contributed by atoms with Crippen LogP contribution in [0, 0.1) is 5.92 Å². The zero-order chi connectivity index (χ0) is 9.84. The molecule has 0 amide bonds. The Bertz CT molecular complexity index is 273. The summed E-state index contributed by atoms with van der Waals surface area (Å²) in [6, 6.07) is 1.75. The summed E-state index contributed by atoms with van der Waals surface area (Å²) < 4.78 is 0. The predicted molar refractivity (Wildman–Crippen MR) is 53.2 cm³/mol. The molecule has 1 heterocycles. The molecule has 0 bridgehead atoms. The Morgan fingerprint density at radius 2 is 2.23 bits per heavy atom. The minimum Gasteiger partial charge on any atom is -0.398 e.